The van der Waals surface area contributed by atoms with E-state index in [-0.39, 0.29) is 12.5 Å². The Labute approximate surface area is 222 Å². The van der Waals surface area contributed by atoms with E-state index in [1.54, 1.807) is 6.07 Å². The molecule has 0 saturated heterocycles. The first-order valence-corrected chi connectivity index (χ1v) is 14.0. The molecule has 0 fully saturated rings. The van der Waals surface area contributed by atoms with Crippen LogP contribution in [-0.4, -0.2) is 68.2 Å². The van der Waals surface area contributed by atoms with Gasteiger partial charge in [0.2, 0.25) is 11.8 Å². The van der Waals surface area contributed by atoms with Crippen molar-refractivity contribution in [3.05, 3.63) is 65.2 Å². The lowest BCUT2D eigenvalue weighted by molar-refractivity contribution is -0.140. The van der Waals surface area contributed by atoms with Crippen LogP contribution in [0.5, 0.6) is 0 Å². The highest BCUT2D eigenvalue weighted by atomic mass is 32.2. The minimum absolute atomic E-state index is 0.259. The third kappa shape index (κ3) is 8.30. The standard InChI is InChI=1S/C28H42N4O4S/c1-9-24(27(34)29-28(4,5)6)31(18-17-23-13-11-10-12-14-23)26(33)20-32(37(35,36)30(7)8)25-19-21(2)15-16-22(25)3/h10-16,19,24H,9,17-18,20H2,1-8H3,(H,29,34)/t24-/m0/s1. The summed E-state index contributed by atoms with van der Waals surface area (Å²) in [5.74, 6) is -0.691. The summed E-state index contributed by atoms with van der Waals surface area (Å²) in [6.07, 6.45) is 0.933. The quantitative estimate of drug-likeness (QED) is 0.480. The van der Waals surface area contributed by atoms with Gasteiger partial charge in [-0.05, 0) is 70.2 Å². The molecule has 0 saturated carbocycles. The van der Waals surface area contributed by atoms with Gasteiger partial charge in [0.15, 0.2) is 0 Å². The van der Waals surface area contributed by atoms with E-state index < -0.39 is 34.2 Å². The first-order chi connectivity index (χ1) is 17.2. The Kier molecular flexibility index (Phi) is 10.3. The van der Waals surface area contributed by atoms with E-state index in [4.69, 9.17) is 0 Å². The Morgan fingerprint density at radius 3 is 2.16 bits per heavy atom. The van der Waals surface area contributed by atoms with Gasteiger partial charge in [-0.15, -0.1) is 0 Å². The number of rotatable bonds is 11. The Morgan fingerprint density at radius 1 is 1.00 bits per heavy atom. The van der Waals surface area contributed by atoms with Crippen molar-refractivity contribution in [1.29, 1.82) is 0 Å². The minimum Gasteiger partial charge on any atom is -0.350 e. The topological polar surface area (TPSA) is 90.0 Å². The molecule has 0 aliphatic rings. The van der Waals surface area contributed by atoms with Gasteiger partial charge in [0.1, 0.15) is 12.6 Å². The van der Waals surface area contributed by atoms with Crippen molar-refractivity contribution >= 4 is 27.7 Å². The van der Waals surface area contributed by atoms with Crippen LogP contribution in [0.4, 0.5) is 5.69 Å². The molecule has 2 aromatic rings. The molecule has 0 radical (unpaired) electrons. The van der Waals surface area contributed by atoms with Gasteiger partial charge >= 0.3 is 10.2 Å². The lowest BCUT2D eigenvalue weighted by atomic mass is 10.1. The maximum Gasteiger partial charge on any atom is 0.304 e. The maximum absolute atomic E-state index is 13.9. The Balaban J connectivity index is 2.50. The van der Waals surface area contributed by atoms with Crippen molar-refractivity contribution < 1.29 is 18.0 Å². The van der Waals surface area contributed by atoms with Crippen molar-refractivity contribution in [2.45, 2.75) is 66.0 Å². The molecule has 1 atom stereocenters. The fourth-order valence-electron chi connectivity index (χ4n) is 4.04. The van der Waals surface area contributed by atoms with E-state index in [9.17, 15) is 18.0 Å². The smallest absolute Gasteiger partial charge is 0.304 e. The van der Waals surface area contributed by atoms with Gasteiger partial charge in [-0.25, -0.2) is 4.31 Å². The number of hydrogen-bond donors (Lipinski definition) is 1. The van der Waals surface area contributed by atoms with Crippen LogP contribution in [0.25, 0.3) is 0 Å². The minimum atomic E-state index is -3.99. The molecular weight excluding hydrogens is 488 g/mol. The summed E-state index contributed by atoms with van der Waals surface area (Å²) in [7, 11) is -1.11. The van der Waals surface area contributed by atoms with Crippen molar-refractivity contribution in [3.63, 3.8) is 0 Å². The van der Waals surface area contributed by atoms with Gasteiger partial charge in [-0.1, -0.05) is 49.4 Å². The number of amides is 2. The predicted molar refractivity (Wildman–Crippen MR) is 150 cm³/mol. The Hall–Kier alpha value is -2.91. The molecule has 1 N–H and O–H groups in total. The zero-order chi connectivity index (χ0) is 28.0. The van der Waals surface area contributed by atoms with Crippen LogP contribution < -0.4 is 9.62 Å². The highest BCUT2D eigenvalue weighted by Crippen LogP contribution is 2.26. The lowest BCUT2D eigenvalue weighted by Gasteiger charge is -2.35. The van der Waals surface area contributed by atoms with Gasteiger partial charge in [0.25, 0.3) is 0 Å². The molecule has 0 bridgehead atoms. The Bertz CT molecular complexity index is 1170. The normalized spacial score (nSPS) is 12.8. The van der Waals surface area contributed by atoms with E-state index in [1.165, 1.54) is 19.0 Å². The molecule has 2 amide bonds. The molecule has 0 aliphatic carbocycles. The Morgan fingerprint density at radius 2 is 1.62 bits per heavy atom. The third-order valence-corrected chi connectivity index (χ3v) is 7.83. The summed E-state index contributed by atoms with van der Waals surface area (Å²) >= 11 is 0. The summed E-state index contributed by atoms with van der Waals surface area (Å²) < 4.78 is 29.0. The van der Waals surface area contributed by atoms with Crippen LogP contribution in [0.15, 0.2) is 48.5 Å². The average molecular weight is 531 g/mol. The second-order valence-electron chi connectivity index (χ2n) is 10.6. The number of anilines is 1. The summed E-state index contributed by atoms with van der Waals surface area (Å²) in [5.41, 5.74) is 2.61. The zero-order valence-electron chi connectivity index (χ0n) is 23.4. The molecule has 2 aromatic carbocycles. The van der Waals surface area contributed by atoms with Crippen LogP contribution in [0.2, 0.25) is 0 Å². The molecule has 204 valence electrons. The number of benzene rings is 2. The van der Waals surface area contributed by atoms with E-state index >= 15 is 0 Å². The molecule has 2 rings (SSSR count). The summed E-state index contributed by atoms with van der Waals surface area (Å²) in [5, 5.41) is 2.98. The van der Waals surface area contributed by atoms with Crippen molar-refractivity contribution in [1.82, 2.24) is 14.5 Å². The first kappa shape index (κ1) is 30.3. The second kappa shape index (κ2) is 12.6. The van der Waals surface area contributed by atoms with Gasteiger partial charge < -0.3 is 10.2 Å². The van der Waals surface area contributed by atoms with Crippen LogP contribution in [-0.2, 0) is 26.2 Å². The summed E-state index contributed by atoms with van der Waals surface area (Å²) in [6.45, 7) is 11.1. The number of nitrogens with one attached hydrogen (secondary N) is 1. The fraction of sp³-hybridized carbons (Fsp3) is 0.500. The highest BCUT2D eigenvalue weighted by Gasteiger charge is 2.34. The molecule has 0 aliphatic heterocycles. The second-order valence-corrected chi connectivity index (χ2v) is 12.6. The van der Waals surface area contributed by atoms with E-state index in [0.29, 0.717) is 18.5 Å². The SMILES string of the molecule is CC[C@@H](C(=O)NC(C)(C)C)N(CCc1ccccc1)C(=O)CN(c1cc(C)ccc1C)S(=O)(=O)N(C)C. The predicted octanol–water partition coefficient (Wildman–Crippen LogP) is 3.68. The average Bonchev–Trinajstić information content (AvgIpc) is 2.81. The van der Waals surface area contributed by atoms with Crippen molar-refractivity contribution in [2.24, 2.45) is 0 Å². The first-order valence-electron chi connectivity index (χ1n) is 12.6. The molecule has 8 nitrogen and oxygen atoms in total. The van der Waals surface area contributed by atoms with E-state index in [2.05, 4.69) is 5.32 Å². The van der Waals surface area contributed by atoms with Gasteiger partial charge in [0.05, 0.1) is 5.69 Å². The molecule has 0 heterocycles. The molecule has 0 aromatic heterocycles. The van der Waals surface area contributed by atoms with Crippen LogP contribution in [0.3, 0.4) is 0 Å². The third-order valence-electron chi connectivity index (χ3n) is 6.02. The number of hydrogen-bond acceptors (Lipinski definition) is 4. The fourth-order valence-corrected chi connectivity index (χ4v) is 5.15. The highest BCUT2D eigenvalue weighted by molar-refractivity contribution is 7.90. The molecule has 0 spiro atoms. The number of carbonyl (C=O) groups is 2. The van der Waals surface area contributed by atoms with E-state index in [0.717, 1.165) is 25.3 Å². The number of carbonyl (C=O) groups excluding carboxylic acids is 2. The van der Waals surface area contributed by atoms with Gasteiger partial charge in [-0.2, -0.15) is 12.7 Å². The molecule has 37 heavy (non-hydrogen) atoms. The van der Waals surface area contributed by atoms with Crippen molar-refractivity contribution in [2.75, 3.05) is 31.5 Å². The lowest BCUT2D eigenvalue weighted by Crippen LogP contribution is -2.56. The number of aryl methyl sites for hydroxylation is 2. The zero-order valence-corrected chi connectivity index (χ0v) is 24.2. The molecule has 0 unspecified atom stereocenters. The largest absolute Gasteiger partial charge is 0.350 e. The van der Waals surface area contributed by atoms with Crippen LogP contribution >= 0.6 is 0 Å². The van der Waals surface area contributed by atoms with Gasteiger partial charge in [-0.3, -0.25) is 9.59 Å². The summed E-state index contributed by atoms with van der Waals surface area (Å²) in [6, 6.07) is 14.5. The van der Waals surface area contributed by atoms with Gasteiger partial charge in [0, 0.05) is 26.2 Å². The van der Waals surface area contributed by atoms with E-state index in [1.807, 2.05) is 84.0 Å². The van der Waals surface area contributed by atoms with Crippen molar-refractivity contribution in [3.8, 4) is 0 Å². The van der Waals surface area contributed by atoms with Crippen LogP contribution in [0, 0.1) is 13.8 Å². The molecular formula is C28H42N4O4S. The number of nitrogens with zero attached hydrogens (tertiary/aromatic N) is 3. The van der Waals surface area contributed by atoms with Crippen LogP contribution in [0.1, 0.15) is 50.8 Å². The monoisotopic (exact) mass is 530 g/mol. The molecule has 9 heteroatoms. The maximum atomic E-state index is 13.9. The summed E-state index contributed by atoms with van der Waals surface area (Å²) in [4.78, 5) is 28.7.